The van der Waals surface area contributed by atoms with E-state index in [-0.39, 0.29) is 5.97 Å². The maximum atomic E-state index is 11.6. The van der Waals surface area contributed by atoms with E-state index in [1.165, 1.54) is 7.11 Å². The molecule has 0 radical (unpaired) electrons. The lowest BCUT2D eigenvalue weighted by Gasteiger charge is -2.06. The Bertz CT molecular complexity index is 864. The van der Waals surface area contributed by atoms with Gasteiger partial charge in [0.1, 0.15) is 5.82 Å². The minimum absolute atomic E-state index is 0.339. The van der Waals surface area contributed by atoms with Crippen molar-refractivity contribution in [2.24, 2.45) is 0 Å². The van der Waals surface area contributed by atoms with Gasteiger partial charge in [-0.1, -0.05) is 17.8 Å². The first-order valence-corrected chi connectivity index (χ1v) is 8.85. The smallest absolute Gasteiger partial charge is 0.337 e. The molecule has 0 bridgehead atoms. The van der Waals surface area contributed by atoms with Crippen molar-refractivity contribution in [1.82, 2.24) is 9.97 Å². The highest BCUT2D eigenvalue weighted by molar-refractivity contribution is 7.99. The second-order valence-corrected chi connectivity index (χ2v) is 6.92. The molecule has 7 heteroatoms. The van der Waals surface area contributed by atoms with Crippen LogP contribution in [-0.2, 0) is 4.74 Å². The molecule has 3 aromatic rings. The van der Waals surface area contributed by atoms with Gasteiger partial charge in [0.2, 0.25) is 0 Å². The molecule has 2 aromatic heterocycles. The highest BCUT2D eigenvalue weighted by Gasteiger charge is 2.07. The highest BCUT2D eigenvalue weighted by Crippen LogP contribution is 2.30. The van der Waals surface area contributed by atoms with Crippen LogP contribution in [0.5, 0.6) is 0 Å². The molecule has 0 fully saturated rings. The number of carbonyl (C=O) groups is 1. The third kappa shape index (κ3) is 4.12. The van der Waals surface area contributed by atoms with Gasteiger partial charge in [0.05, 0.1) is 18.4 Å². The molecule has 0 aliphatic rings. The Kier molecular flexibility index (Phi) is 5.12. The second kappa shape index (κ2) is 7.46. The number of ether oxygens (including phenoxy) is 1. The van der Waals surface area contributed by atoms with E-state index in [1.54, 1.807) is 35.4 Å². The monoisotopic (exact) mass is 357 g/mol. The lowest BCUT2D eigenvalue weighted by molar-refractivity contribution is 0.0600. The highest BCUT2D eigenvalue weighted by atomic mass is 32.2. The molecule has 0 unspecified atom stereocenters. The number of carbonyl (C=O) groups excluding carboxylic acids is 1. The number of esters is 1. The van der Waals surface area contributed by atoms with E-state index in [0.29, 0.717) is 5.56 Å². The summed E-state index contributed by atoms with van der Waals surface area (Å²) < 4.78 is 4.75. The summed E-state index contributed by atoms with van der Waals surface area (Å²) in [5.41, 5.74) is 1.51. The van der Waals surface area contributed by atoms with E-state index < -0.39 is 0 Å². The van der Waals surface area contributed by atoms with Gasteiger partial charge in [0, 0.05) is 21.4 Å². The number of rotatable bonds is 5. The van der Waals surface area contributed by atoms with Crippen molar-refractivity contribution in [2.75, 3.05) is 12.4 Å². The van der Waals surface area contributed by atoms with Crippen molar-refractivity contribution < 1.29 is 9.53 Å². The average molecular weight is 357 g/mol. The fraction of sp³-hybridized carbons (Fsp3) is 0.118. The van der Waals surface area contributed by atoms with Gasteiger partial charge in [-0.15, -0.1) is 11.3 Å². The predicted octanol–water partition coefficient (Wildman–Crippen LogP) is 4.53. The number of nitrogens with zero attached hydrogens (tertiary/aromatic N) is 2. The zero-order valence-corrected chi connectivity index (χ0v) is 14.8. The van der Waals surface area contributed by atoms with Gasteiger partial charge < -0.3 is 10.1 Å². The fourth-order valence-corrected chi connectivity index (χ4v) is 3.60. The SMILES string of the molecule is COC(=O)c1cccc(Sc2ccnc(Nc3nc(C)cs3)c2)c1. The third-order valence-corrected chi connectivity index (χ3v) is 4.93. The Morgan fingerprint density at radius 2 is 2.08 bits per heavy atom. The van der Waals surface area contributed by atoms with Gasteiger partial charge in [-0.25, -0.2) is 14.8 Å². The van der Waals surface area contributed by atoms with Gasteiger partial charge in [0.15, 0.2) is 5.13 Å². The minimum atomic E-state index is -0.339. The zero-order chi connectivity index (χ0) is 16.9. The largest absolute Gasteiger partial charge is 0.465 e. The zero-order valence-electron chi connectivity index (χ0n) is 13.1. The van der Waals surface area contributed by atoms with Crippen LogP contribution < -0.4 is 5.32 Å². The number of nitrogens with one attached hydrogen (secondary N) is 1. The van der Waals surface area contributed by atoms with Crippen LogP contribution in [0.25, 0.3) is 0 Å². The molecule has 2 heterocycles. The van der Waals surface area contributed by atoms with E-state index in [2.05, 4.69) is 15.3 Å². The Hall–Kier alpha value is -2.38. The Morgan fingerprint density at radius 3 is 2.83 bits per heavy atom. The van der Waals surface area contributed by atoms with E-state index in [0.717, 1.165) is 26.4 Å². The lowest BCUT2D eigenvalue weighted by Crippen LogP contribution is -2.00. The quantitative estimate of drug-likeness (QED) is 0.677. The maximum Gasteiger partial charge on any atom is 0.337 e. The number of anilines is 2. The van der Waals surface area contributed by atoms with Crippen molar-refractivity contribution in [3.63, 3.8) is 0 Å². The van der Waals surface area contributed by atoms with Gasteiger partial charge in [-0.2, -0.15) is 0 Å². The second-order valence-electron chi connectivity index (χ2n) is 4.92. The number of hydrogen-bond donors (Lipinski definition) is 1. The van der Waals surface area contributed by atoms with E-state index in [4.69, 9.17) is 4.74 Å². The van der Waals surface area contributed by atoms with Gasteiger partial charge in [0.25, 0.3) is 0 Å². The molecule has 0 saturated heterocycles. The molecule has 122 valence electrons. The summed E-state index contributed by atoms with van der Waals surface area (Å²) >= 11 is 3.10. The molecule has 3 rings (SSSR count). The van der Waals surface area contributed by atoms with Gasteiger partial charge >= 0.3 is 5.97 Å². The minimum Gasteiger partial charge on any atom is -0.465 e. The first kappa shape index (κ1) is 16.5. The van der Waals surface area contributed by atoms with Crippen LogP contribution in [0.3, 0.4) is 0 Å². The van der Waals surface area contributed by atoms with Crippen molar-refractivity contribution in [1.29, 1.82) is 0 Å². The van der Waals surface area contributed by atoms with Crippen LogP contribution in [0.15, 0.2) is 57.8 Å². The maximum absolute atomic E-state index is 11.6. The molecule has 0 spiro atoms. The van der Waals surface area contributed by atoms with Gasteiger partial charge in [-0.05, 0) is 37.3 Å². The molecular weight excluding hydrogens is 342 g/mol. The number of hydrogen-bond acceptors (Lipinski definition) is 7. The predicted molar refractivity (Wildman–Crippen MR) is 96.3 cm³/mol. The van der Waals surface area contributed by atoms with Crippen molar-refractivity contribution in [3.05, 3.63) is 59.2 Å². The van der Waals surface area contributed by atoms with Crippen molar-refractivity contribution >= 4 is 40.0 Å². The number of benzene rings is 1. The number of aryl methyl sites for hydroxylation is 1. The fourth-order valence-electron chi connectivity index (χ4n) is 2.00. The standard InChI is InChI=1S/C17H15N3O2S2/c1-11-10-23-17(19-11)20-15-9-14(6-7-18-15)24-13-5-3-4-12(8-13)16(21)22-2/h3-10H,1-2H3,(H,18,19,20). The van der Waals surface area contributed by atoms with Crippen LogP contribution in [-0.4, -0.2) is 23.0 Å². The molecule has 0 aliphatic carbocycles. The molecule has 0 atom stereocenters. The van der Waals surface area contributed by atoms with E-state index in [1.807, 2.05) is 42.6 Å². The summed E-state index contributed by atoms with van der Waals surface area (Å²) in [6.45, 7) is 1.95. The molecule has 0 amide bonds. The first-order chi connectivity index (χ1) is 11.6. The average Bonchev–Trinajstić information content (AvgIpc) is 2.99. The molecular formula is C17H15N3O2S2. The number of pyridine rings is 1. The number of thiazole rings is 1. The van der Waals surface area contributed by atoms with Crippen molar-refractivity contribution in [2.45, 2.75) is 16.7 Å². The summed E-state index contributed by atoms with van der Waals surface area (Å²) in [7, 11) is 1.38. The van der Waals surface area contributed by atoms with Crippen LogP contribution in [0.4, 0.5) is 10.9 Å². The normalized spacial score (nSPS) is 10.4. The topological polar surface area (TPSA) is 64.1 Å². The third-order valence-electron chi connectivity index (χ3n) is 3.08. The summed E-state index contributed by atoms with van der Waals surface area (Å²) in [4.78, 5) is 22.3. The van der Waals surface area contributed by atoms with E-state index in [9.17, 15) is 4.79 Å². The van der Waals surface area contributed by atoms with Crippen LogP contribution >= 0.6 is 23.1 Å². The molecule has 1 N–H and O–H groups in total. The van der Waals surface area contributed by atoms with Crippen LogP contribution in [0.2, 0.25) is 0 Å². The summed E-state index contributed by atoms with van der Waals surface area (Å²) in [6, 6.07) is 11.2. The summed E-state index contributed by atoms with van der Waals surface area (Å²) in [5, 5.41) is 6.00. The van der Waals surface area contributed by atoms with Gasteiger partial charge in [-0.3, -0.25) is 0 Å². The van der Waals surface area contributed by atoms with Crippen molar-refractivity contribution in [3.8, 4) is 0 Å². The number of methoxy groups -OCH3 is 1. The summed E-state index contributed by atoms with van der Waals surface area (Å²) in [5.74, 6) is 0.396. The van der Waals surface area contributed by atoms with Crippen LogP contribution in [0, 0.1) is 6.92 Å². The summed E-state index contributed by atoms with van der Waals surface area (Å²) in [6.07, 6.45) is 1.75. The Balaban J connectivity index is 1.76. The lowest BCUT2D eigenvalue weighted by atomic mass is 10.2. The molecule has 1 aromatic carbocycles. The Morgan fingerprint density at radius 1 is 1.25 bits per heavy atom. The molecule has 0 saturated carbocycles. The molecule has 5 nitrogen and oxygen atoms in total. The van der Waals surface area contributed by atoms with E-state index >= 15 is 0 Å². The molecule has 24 heavy (non-hydrogen) atoms. The number of aromatic nitrogens is 2. The first-order valence-electron chi connectivity index (χ1n) is 7.15. The molecule has 0 aliphatic heterocycles. The van der Waals surface area contributed by atoms with Crippen LogP contribution in [0.1, 0.15) is 16.1 Å². The Labute approximate surface area is 148 Å².